The van der Waals surface area contributed by atoms with Gasteiger partial charge in [0.05, 0.1) is 0 Å². The zero-order valence-electron chi connectivity index (χ0n) is 26.7. The molecule has 0 radical (unpaired) electrons. The molecule has 0 nitrogen and oxygen atoms in total. The van der Waals surface area contributed by atoms with E-state index in [0.717, 1.165) is 12.8 Å². The van der Waals surface area contributed by atoms with Gasteiger partial charge in [-0.05, 0) is 92.6 Å². The van der Waals surface area contributed by atoms with Crippen LogP contribution in [0.2, 0.25) is 0 Å². The summed E-state index contributed by atoms with van der Waals surface area (Å²) in [4.78, 5) is 0. The van der Waals surface area contributed by atoms with Crippen LogP contribution in [0.15, 0.2) is 72.8 Å². The molecule has 0 spiro atoms. The molecule has 39 heavy (non-hydrogen) atoms. The van der Waals surface area contributed by atoms with Crippen LogP contribution in [0.4, 0.5) is 0 Å². The SMILES string of the molecule is CCCCc1ccccc1CC(C)(C)C1(C)CC(C)(CC(C)(C)c2ccccc2C(C)(C)C)c2ccccc21. The summed E-state index contributed by atoms with van der Waals surface area (Å²) < 4.78 is 0. The lowest BCUT2D eigenvalue weighted by molar-refractivity contribution is 0.143. The van der Waals surface area contributed by atoms with Gasteiger partial charge in [-0.3, -0.25) is 0 Å². The van der Waals surface area contributed by atoms with Gasteiger partial charge in [0.1, 0.15) is 0 Å². The second-order valence-electron chi connectivity index (χ2n) is 15.4. The lowest BCUT2D eigenvalue weighted by Crippen LogP contribution is -2.42. The third-order valence-electron chi connectivity index (χ3n) is 10.3. The molecule has 2 atom stereocenters. The Kier molecular flexibility index (Phi) is 8.03. The third-order valence-corrected chi connectivity index (χ3v) is 10.3. The van der Waals surface area contributed by atoms with Crippen molar-refractivity contribution in [1.29, 1.82) is 0 Å². The van der Waals surface area contributed by atoms with E-state index in [2.05, 4.69) is 142 Å². The molecule has 0 heterocycles. The highest BCUT2D eigenvalue weighted by molar-refractivity contribution is 5.49. The van der Waals surface area contributed by atoms with E-state index in [-0.39, 0.29) is 27.1 Å². The predicted molar refractivity (Wildman–Crippen MR) is 171 cm³/mol. The van der Waals surface area contributed by atoms with Crippen molar-refractivity contribution in [3.8, 4) is 0 Å². The molecule has 0 saturated heterocycles. The molecule has 0 amide bonds. The fraction of sp³-hybridized carbons (Fsp3) is 0.538. The van der Waals surface area contributed by atoms with Gasteiger partial charge in [0.15, 0.2) is 0 Å². The Hall–Kier alpha value is -2.34. The van der Waals surface area contributed by atoms with Gasteiger partial charge in [-0.2, -0.15) is 0 Å². The van der Waals surface area contributed by atoms with E-state index in [9.17, 15) is 0 Å². The van der Waals surface area contributed by atoms with Crippen LogP contribution in [0.3, 0.4) is 0 Å². The van der Waals surface area contributed by atoms with Crippen molar-refractivity contribution in [2.24, 2.45) is 5.41 Å². The summed E-state index contributed by atoms with van der Waals surface area (Å²) in [7, 11) is 0. The summed E-state index contributed by atoms with van der Waals surface area (Å²) in [5.74, 6) is 0. The van der Waals surface area contributed by atoms with Crippen LogP contribution in [0.1, 0.15) is 128 Å². The summed E-state index contributed by atoms with van der Waals surface area (Å²) in [6.07, 6.45) is 7.14. The summed E-state index contributed by atoms with van der Waals surface area (Å²) >= 11 is 0. The van der Waals surface area contributed by atoms with E-state index >= 15 is 0 Å². The molecule has 1 aliphatic rings. The Balaban J connectivity index is 1.73. The predicted octanol–water partition coefficient (Wildman–Crippen LogP) is 10.9. The van der Waals surface area contributed by atoms with E-state index in [1.165, 1.54) is 36.8 Å². The topological polar surface area (TPSA) is 0 Å². The largest absolute Gasteiger partial charge is 0.0654 e. The van der Waals surface area contributed by atoms with E-state index in [4.69, 9.17) is 0 Å². The normalized spacial score (nSPS) is 21.7. The lowest BCUT2D eigenvalue weighted by atomic mass is 9.58. The van der Waals surface area contributed by atoms with Crippen molar-refractivity contribution in [1.82, 2.24) is 0 Å². The molecule has 4 rings (SSSR count). The number of hydrogen-bond donors (Lipinski definition) is 0. The van der Waals surface area contributed by atoms with Gasteiger partial charge in [-0.1, -0.05) is 148 Å². The van der Waals surface area contributed by atoms with Crippen LogP contribution in [-0.2, 0) is 34.5 Å². The van der Waals surface area contributed by atoms with Gasteiger partial charge in [0.2, 0.25) is 0 Å². The Bertz CT molecular complexity index is 1280. The lowest BCUT2D eigenvalue weighted by Gasteiger charge is -2.45. The zero-order valence-corrected chi connectivity index (χ0v) is 26.7. The van der Waals surface area contributed by atoms with Crippen LogP contribution < -0.4 is 0 Å². The maximum absolute atomic E-state index is 2.57. The molecule has 2 unspecified atom stereocenters. The first-order chi connectivity index (χ1) is 18.1. The molecular formula is C39H54. The van der Waals surface area contributed by atoms with E-state index in [1.54, 1.807) is 22.3 Å². The number of unbranched alkanes of at least 4 members (excludes halogenated alkanes) is 1. The summed E-state index contributed by atoms with van der Waals surface area (Å²) in [6.45, 7) is 24.5. The third kappa shape index (κ3) is 5.64. The molecule has 210 valence electrons. The van der Waals surface area contributed by atoms with Crippen LogP contribution in [0, 0.1) is 5.41 Å². The van der Waals surface area contributed by atoms with Crippen molar-refractivity contribution in [3.05, 3.63) is 106 Å². The summed E-state index contributed by atoms with van der Waals surface area (Å²) in [5.41, 5.74) is 9.74. The smallest absolute Gasteiger partial charge is 0.000968 e. The molecule has 0 saturated carbocycles. The fourth-order valence-corrected chi connectivity index (χ4v) is 8.03. The average molecular weight is 523 g/mol. The van der Waals surface area contributed by atoms with Gasteiger partial charge in [-0.15, -0.1) is 0 Å². The number of hydrogen-bond acceptors (Lipinski definition) is 0. The van der Waals surface area contributed by atoms with E-state index in [1.807, 2.05) is 0 Å². The molecular weight excluding hydrogens is 468 g/mol. The Morgan fingerprint density at radius 1 is 0.667 bits per heavy atom. The molecule has 0 fully saturated rings. The monoisotopic (exact) mass is 522 g/mol. The van der Waals surface area contributed by atoms with E-state index < -0.39 is 0 Å². The first-order valence-corrected chi connectivity index (χ1v) is 15.4. The van der Waals surface area contributed by atoms with Gasteiger partial charge in [0, 0.05) is 0 Å². The number of benzene rings is 3. The van der Waals surface area contributed by atoms with Crippen LogP contribution in [0.25, 0.3) is 0 Å². The number of fused-ring (bicyclic) bond motifs is 1. The summed E-state index contributed by atoms with van der Waals surface area (Å²) in [6, 6.07) is 27.8. The maximum atomic E-state index is 2.57. The molecule has 0 aliphatic heterocycles. The maximum Gasteiger partial charge on any atom is -0.000968 e. The average Bonchev–Trinajstić information content (AvgIpc) is 3.10. The van der Waals surface area contributed by atoms with Gasteiger partial charge in [0.25, 0.3) is 0 Å². The molecule has 3 aromatic carbocycles. The quantitative estimate of drug-likeness (QED) is 0.262. The van der Waals surface area contributed by atoms with Crippen LogP contribution in [-0.4, -0.2) is 0 Å². The Labute approximate surface area is 240 Å². The highest BCUT2D eigenvalue weighted by Crippen LogP contribution is 2.61. The highest BCUT2D eigenvalue weighted by Gasteiger charge is 2.55. The minimum atomic E-state index is 0.0634. The van der Waals surface area contributed by atoms with Gasteiger partial charge in [-0.25, -0.2) is 0 Å². The standard InChI is InChI=1S/C39H54/c1-11-12-19-29-20-13-14-21-30(29)26-37(7,8)39(10)28-38(9,33-24-17-18-25-34(33)39)27-36(5,6)32-23-16-15-22-31(32)35(2,3)4/h13-18,20-25H,11-12,19,26-28H2,1-10H3. The van der Waals surface area contributed by atoms with E-state index in [0.29, 0.717) is 0 Å². The Morgan fingerprint density at radius 2 is 1.21 bits per heavy atom. The first-order valence-electron chi connectivity index (χ1n) is 15.4. The Morgan fingerprint density at radius 3 is 1.82 bits per heavy atom. The van der Waals surface area contributed by atoms with Crippen molar-refractivity contribution in [2.75, 3.05) is 0 Å². The summed E-state index contributed by atoms with van der Waals surface area (Å²) in [5, 5.41) is 0. The molecule has 0 bridgehead atoms. The van der Waals surface area contributed by atoms with Crippen LogP contribution >= 0.6 is 0 Å². The van der Waals surface area contributed by atoms with Gasteiger partial charge < -0.3 is 0 Å². The molecule has 0 heteroatoms. The molecule has 3 aromatic rings. The first kappa shape index (κ1) is 29.6. The number of aryl methyl sites for hydroxylation is 1. The molecule has 1 aliphatic carbocycles. The second-order valence-corrected chi connectivity index (χ2v) is 15.4. The van der Waals surface area contributed by atoms with Crippen molar-refractivity contribution >= 4 is 0 Å². The fourth-order valence-electron chi connectivity index (χ4n) is 8.03. The van der Waals surface area contributed by atoms with Crippen molar-refractivity contribution < 1.29 is 0 Å². The zero-order chi connectivity index (χ0) is 28.7. The van der Waals surface area contributed by atoms with Crippen molar-refractivity contribution in [3.63, 3.8) is 0 Å². The minimum absolute atomic E-state index is 0.0634. The highest BCUT2D eigenvalue weighted by atomic mass is 14.6. The number of rotatable bonds is 9. The van der Waals surface area contributed by atoms with Gasteiger partial charge >= 0.3 is 0 Å². The van der Waals surface area contributed by atoms with Crippen molar-refractivity contribution in [2.45, 2.75) is 129 Å². The van der Waals surface area contributed by atoms with Crippen LogP contribution in [0.5, 0.6) is 0 Å². The molecule has 0 N–H and O–H groups in total. The minimum Gasteiger partial charge on any atom is -0.0654 e. The second kappa shape index (κ2) is 10.6. The molecule has 0 aromatic heterocycles.